The lowest BCUT2D eigenvalue weighted by molar-refractivity contribution is 0.182. The minimum absolute atomic E-state index is 0.251. The van der Waals surface area contributed by atoms with Crippen LogP contribution in [0.3, 0.4) is 0 Å². The summed E-state index contributed by atoms with van der Waals surface area (Å²) >= 11 is 0. The summed E-state index contributed by atoms with van der Waals surface area (Å²) in [5.74, 6) is 0.883. The van der Waals surface area contributed by atoms with E-state index < -0.39 is 0 Å². The van der Waals surface area contributed by atoms with E-state index in [4.69, 9.17) is 4.74 Å². The number of aliphatic hydroxyl groups excluding tert-OH is 1. The molecule has 0 heterocycles. The predicted octanol–water partition coefficient (Wildman–Crippen LogP) is 3.27. The Bertz CT molecular complexity index is 566. The first kappa shape index (κ1) is 14.8. The molecule has 0 saturated heterocycles. The highest BCUT2D eigenvalue weighted by atomic mass is 16.5. The van der Waals surface area contributed by atoms with E-state index in [-0.39, 0.29) is 12.1 Å². The van der Waals surface area contributed by atoms with Crippen LogP contribution in [0.1, 0.15) is 31.9 Å². The second kappa shape index (κ2) is 6.73. The fourth-order valence-electron chi connectivity index (χ4n) is 2.27. The van der Waals surface area contributed by atoms with E-state index in [0.717, 1.165) is 18.7 Å². The maximum atomic E-state index is 9.27. The van der Waals surface area contributed by atoms with Gasteiger partial charge >= 0.3 is 0 Å². The zero-order chi connectivity index (χ0) is 14.5. The second-order valence-corrected chi connectivity index (χ2v) is 5.29. The maximum absolute atomic E-state index is 9.27. The molecule has 3 heteroatoms. The molecule has 0 aliphatic heterocycles. The molecule has 20 heavy (non-hydrogen) atoms. The summed E-state index contributed by atoms with van der Waals surface area (Å²) in [5.41, 5.74) is 1.26. The topological polar surface area (TPSA) is 41.5 Å². The summed E-state index contributed by atoms with van der Waals surface area (Å²) < 4.78 is 5.24. The molecule has 108 valence electrons. The Morgan fingerprint density at radius 2 is 1.80 bits per heavy atom. The number of rotatable bonds is 6. The van der Waals surface area contributed by atoms with Gasteiger partial charge in [0.2, 0.25) is 0 Å². The molecule has 0 spiro atoms. The van der Waals surface area contributed by atoms with Gasteiger partial charge in [0, 0.05) is 6.04 Å². The molecule has 2 N–H and O–H groups in total. The molecule has 2 rings (SSSR count). The summed E-state index contributed by atoms with van der Waals surface area (Å²) in [7, 11) is 1.68. The smallest absolute Gasteiger partial charge is 0.119 e. The lowest BCUT2D eigenvalue weighted by Crippen LogP contribution is -2.22. The number of ether oxygens (including phenoxy) is 1. The average molecular weight is 273 g/mol. The van der Waals surface area contributed by atoms with Crippen LogP contribution < -0.4 is 10.1 Å². The van der Waals surface area contributed by atoms with Crippen LogP contribution in [0.2, 0.25) is 0 Å². The number of fused-ring (bicyclic) bond motifs is 1. The number of hydrogen-bond acceptors (Lipinski definition) is 3. The average Bonchev–Trinajstić information content (AvgIpc) is 2.45. The SMILES string of the molecule is COc1ccc2cc(C(C)NCCC(C)O)ccc2c1. The third-order valence-corrected chi connectivity index (χ3v) is 3.58. The zero-order valence-electron chi connectivity index (χ0n) is 12.4. The van der Waals surface area contributed by atoms with E-state index in [2.05, 4.69) is 36.5 Å². The summed E-state index contributed by atoms with van der Waals surface area (Å²) in [5, 5.41) is 15.1. The van der Waals surface area contributed by atoms with E-state index in [1.165, 1.54) is 16.3 Å². The van der Waals surface area contributed by atoms with Gasteiger partial charge in [-0.1, -0.05) is 18.2 Å². The van der Waals surface area contributed by atoms with Crippen molar-refractivity contribution in [2.45, 2.75) is 32.4 Å². The predicted molar refractivity (Wildman–Crippen MR) is 83.2 cm³/mol. The normalized spacial score (nSPS) is 14.2. The number of benzene rings is 2. The third kappa shape index (κ3) is 3.71. The van der Waals surface area contributed by atoms with Gasteiger partial charge in [-0.15, -0.1) is 0 Å². The fourth-order valence-corrected chi connectivity index (χ4v) is 2.27. The van der Waals surface area contributed by atoms with Crippen LogP contribution in [0.5, 0.6) is 5.75 Å². The van der Waals surface area contributed by atoms with Crippen LogP contribution in [0.4, 0.5) is 0 Å². The van der Waals surface area contributed by atoms with E-state index in [1.807, 2.05) is 19.1 Å². The van der Waals surface area contributed by atoms with Crippen LogP contribution in [0.25, 0.3) is 10.8 Å². The Kier molecular flexibility index (Phi) is 4.99. The van der Waals surface area contributed by atoms with Crippen molar-refractivity contribution < 1.29 is 9.84 Å². The fraction of sp³-hybridized carbons (Fsp3) is 0.412. The first-order valence-corrected chi connectivity index (χ1v) is 7.09. The lowest BCUT2D eigenvalue weighted by Gasteiger charge is -2.16. The van der Waals surface area contributed by atoms with E-state index >= 15 is 0 Å². The lowest BCUT2D eigenvalue weighted by atomic mass is 10.0. The van der Waals surface area contributed by atoms with Crippen molar-refractivity contribution in [2.24, 2.45) is 0 Å². The minimum atomic E-state index is -0.251. The minimum Gasteiger partial charge on any atom is -0.497 e. The highest BCUT2D eigenvalue weighted by molar-refractivity contribution is 5.84. The van der Waals surface area contributed by atoms with Gasteiger partial charge in [-0.25, -0.2) is 0 Å². The molecule has 0 aromatic heterocycles. The molecule has 0 saturated carbocycles. The van der Waals surface area contributed by atoms with Crippen molar-refractivity contribution in [3.63, 3.8) is 0 Å². The Labute approximate surface area is 120 Å². The molecule has 3 nitrogen and oxygen atoms in total. The summed E-state index contributed by atoms with van der Waals surface area (Å²) in [6, 6.07) is 12.9. The van der Waals surface area contributed by atoms with Gasteiger partial charge in [0.25, 0.3) is 0 Å². The highest BCUT2D eigenvalue weighted by Gasteiger charge is 2.06. The van der Waals surface area contributed by atoms with Crippen LogP contribution in [-0.4, -0.2) is 24.9 Å². The summed E-state index contributed by atoms with van der Waals surface area (Å²) in [6.45, 7) is 4.78. The summed E-state index contributed by atoms with van der Waals surface area (Å²) in [6.07, 6.45) is 0.522. The van der Waals surface area contributed by atoms with Crippen LogP contribution >= 0.6 is 0 Å². The third-order valence-electron chi connectivity index (χ3n) is 3.58. The molecule has 2 aromatic carbocycles. The maximum Gasteiger partial charge on any atom is 0.119 e. The van der Waals surface area contributed by atoms with Gasteiger partial charge in [-0.2, -0.15) is 0 Å². The van der Waals surface area contributed by atoms with Crippen molar-refractivity contribution in [1.29, 1.82) is 0 Å². The molecule has 0 radical (unpaired) electrons. The quantitative estimate of drug-likeness (QED) is 0.848. The van der Waals surface area contributed by atoms with Crippen molar-refractivity contribution >= 4 is 10.8 Å². The molecular weight excluding hydrogens is 250 g/mol. The molecule has 2 unspecified atom stereocenters. The molecular formula is C17H23NO2. The van der Waals surface area contributed by atoms with Gasteiger partial charge in [-0.05, 0) is 61.3 Å². The van der Waals surface area contributed by atoms with Crippen LogP contribution in [0, 0.1) is 0 Å². The molecule has 0 aliphatic rings. The van der Waals surface area contributed by atoms with E-state index in [1.54, 1.807) is 7.11 Å². The first-order chi connectivity index (χ1) is 9.60. The number of nitrogens with one attached hydrogen (secondary N) is 1. The standard InChI is InChI=1S/C17H23NO2/c1-12(19)8-9-18-13(2)14-4-5-16-11-17(20-3)7-6-15(16)10-14/h4-7,10-13,18-19H,8-9H2,1-3H3. The highest BCUT2D eigenvalue weighted by Crippen LogP contribution is 2.24. The molecule has 0 bridgehead atoms. The molecule has 2 aromatic rings. The van der Waals surface area contributed by atoms with E-state index in [0.29, 0.717) is 0 Å². The van der Waals surface area contributed by atoms with Crippen molar-refractivity contribution in [1.82, 2.24) is 5.32 Å². The van der Waals surface area contributed by atoms with E-state index in [9.17, 15) is 5.11 Å². The van der Waals surface area contributed by atoms with Crippen LogP contribution in [0.15, 0.2) is 36.4 Å². The van der Waals surface area contributed by atoms with Gasteiger partial charge in [0.05, 0.1) is 13.2 Å². The number of methoxy groups -OCH3 is 1. The monoisotopic (exact) mass is 273 g/mol. The second-order valence-electron chi connectivity index (χ2n) is 5.29. The largest absolute Gasteiger partial charge is 0.497 e. The van der Waals surface area contributed by atoms with Gasteiger partial charge < -0.3 is 15.2 Å². The zero-order valence-corrected chi connectivity index (χ0v) is 12.4. The summed E-state index contributed by atoms with van der Waals surface area (Å²) in [4.78, 5) is 0. The number of aliphatic hydroxyl groups is 1. The molecule has 2 atom stereocenters. The molecule has 0 aliphatic carbocycles. The molecule has 0 amide bonds. The van der Waals surface area contributed by atoms with Gasteiger partial charge in [-0.3, -0.25) is 0 Å². The van der Waals surface area contributed by atoms with Crippen molar-refractivity contribution in [3.8, 4) is 5.75 Å². The molecule has 0 fully saturated rings. The van der Waals surface area contributed by atoms with Gasteiger partial charge in [0.15, 0.2) is 0 Å². The Balaban J connectivity index is 2.10. The van der Waals surface area contributed by atoms with Gasteiger partial charge in [0.1, 0.15) is 5.75 Å². The Morgan fingerprint density at radius 1 is 1.10 bits per heavy atom. The Hall–Kier alpha value is -1.58. The first-order valence-electron chi connectivity index (χ1n) is 7.09. The van der Waals surface area contributed by atoms with Crippen molar-refractivity contribution in [2.75, 3.05) is 13.7 Å². The number of hydrogen-bond donors (Lipinski definition) is 2. The Morgan fingerprint density at radius 3 is 2.50 bits per heavy atom. The van der Waals surface area contributed by atoms with Crippen LogP contribution in [-0.2, 0) is 0 Å². The van der Waals surface area contributed by atoms with Crippen molar-refractivity contribution in [3.05, 3.63) is 42.0 Å².